The first kappa shape index (κ1) is 20.7. The van der Waals surface area contributed by atoms with Crippen molar-refractivity contribution in [2.45, 2.75) is 23.4 Å². The van der Waals surface area contributed by atoms with E-state index in [0.29, 0.717) is 0 Å². The van der Waals surface area contributed by atoms with Gasteiger partial charge in [0.1, 0.15) is 5.82 Å². The third-order valence-electron chi connectivity index (χ3n) is 2.63. The second kappa shape index (κ2) is 8.65. The molecule has 0 aliphatic heterocycles. The summed E-state index contributed by atoms with van der Waals surface area (Å²) >= 11 is 17.4. The molecule has 5 nitrogen and oxygen atoms in total. The molecule has 0 fully saturated rings. The maximum Gasteiger partial charge on any atom is 0.357 e. The quantitative estimate of drug-likeness (QED) is 0.534. The smallest absolute Gasteiger partial charge is 0.334 e. The van der Waals surface area contributed by atoms with Crippen LogP contribution in [0.3, 0.4) is 0 Å². The number of benzene rings is 1. The predicted octanol–water partition coefficient (Wildman–Crippen LogP) is 4.52. The van der Waals surface area contributed by atoms with E-state index in [4.69, 9.17) is 43.9 Å². The Bertz CT molecular complexity index is 587. The molecule has 0 radical (unpaired) electrons. The topological polar surface area (TPSA) is 64.6 Å². The Balaban J connectivity index is 3.16. The molecule has 0 saturated heterocycles. The highest BCUT2D eigenvalue weighted by Crippen LogP contribution is 2.58. The molecule has 1 aromatic carbocycles. The first-order valence-electron chi connectivity index (χ1n) is 6.66. The minimum absolute atomic E-state index is 0.00406. The second-order valence-corrected chi connectivity index (χ2v) is 8.75. The van der Waals surface area contributed by atoms with Crippen LogP contribution in [-0.2, 0) is 13.6 Å². The van der Waals surface area contributed by atoms with E-state index in [9.17, 15) is 13.8 Å². The minimum atomic E-state index is -3.99. The van der Waals surface area contributed by atoms with Gasteiger partial charge in [0.05, 0.1) is 18.8 Å². The summed E-state index contributed by atoms with van der Waals surface area (Å²) in [6, 6.07) is 5.23. The number of carbonyl (C=O) groups excluding carboxylic acids is 1. The van der Waals surface area contributed by atoms with E-state index in [1.54, 1.807) is 13.8 Å². The molecule has 1 amide bonds. The predicted molar refractivity (Wildman–Crippen MR) is 88.8 cm³/mol. The number of hydrogen-bond acceptors (Lipinski definition) is 4. The van der Waals surface area contributed by atoms with E-state index in [-0.39, 0.29) is 18.8 Å². The number of nitrogens with one attached hydrogen (secondary N) is 1. The van der Waals surface area contributed by atoms with Gasteiger partial charge in [-0.15, -0.1) is 0 Å². The van der Waals surface area contributed by atoms with Gasteiger partial charge in [0.25, 0.3) is 5.91 Å². The average Bonchev–Trinajstić information content (AvgIpc) is 2.44. The third-order valence-corrected chi connectivity index (χ3v) is 6.13. The SMILES string of the molecule is CCOP(=O)(OCC)C(NC(=O)c1ccccc1F)C(Cl)(Cl)Cl. The summed E-state index contributed by atoms with van der Waals surface area (Å²) in [6.07, 6.45) is 0. The molecule has 1 aromatic rings. The molecule has 10 heteroatoms. The molecule has 0 saturated carbocycles. The summed E-state index contributed by atoms with van der Waals surface area (Å²) in [6.45, 7) is 3.15. The van der Waals surface area contributed by atoms with Crippen LogP contribution in [0.4, 0.5) is 4.39 Å². The molecule has 130 valence electrons. The Morgan fingerprint density at radius 2 is 1.78 bits per heavy atom. The summed E-state index contributed by atoms with van der Waals surface area (Å²) < 4.78 is 34.5. The summed E-state index contributed by atoms with van der Waals surface area (Å²) in [5.41, 5.74) is -0.286. The van der Waals surface area contributed by atoms with E-state index in [2.05, 4.69) is 5.32 Å². The number of rotatable bonds is 7. The average molecular weight is 407 g/mol. The van der Waals surface area contributed by atoms with Crippen LogP contribution in [0.25, 0.3) is 0 Å². The van der Waals surface area contributed by atoms with Crippen molar-refractivity contribution in [3.63, 3.8) is 0 Å². The Morgan fingerprint density at radius 3 is 2.22 bits per heavy atom. The molecule has 0 heterocycles. The van der Waals surface area contributed by atoms with Crippen LogP contribution in [0.5, 0.6) is 0 Å². The molecule has 0 aromatic heterocycles. The van der Waals surface area contributed by atoms with E-state index >= 15 is 0 Å². The third kappa shape index (κ3) is 5.59. The lowest BCUT2D eigenvalue weighted by Gasteiger charge is -2.31. The Hall–Kier alpha value is -0.360. The van der Waals surface area contributed by atoms with E-state index in [1.165, 1.54) is 18.2 Å². The maximum absolute atomic E-state index is 13.7. The van der Waals surface area contributed by atoms with Crippen LogP contribution < -0.4 is 5.32 Å². The van der Waals surface area contributed by atoms with Gasteiger partial charge in [-0.05, 0) is 26.0 Å². The van der Waals surface area contributed by atoms with Gasteiger partial charge in [-0.1, -0.05) is 46.9 Å². The lowest BCUT2D eigenvalue weighted by Crippen LogP contribution is -2.44. The van der Waals surface area contributed by atoms with E-state index in [1.807, 2.05) is 0 Å². The zero-order valence-corrected chi connectivity index (χ0v) is 15.6. The van der Waals surface area contributed by atoms with Crippen molar-refractivity contribution in [1.29, 1.82) is 0 Å². The number of alkyl halides is 3. The molecular weight excluding hydrogens is 390 g/mol. The van der Waals surface area contributed by atoms with Gasteiger partial charge in [0, 0.05) is 0 Å². The van der Waals surface area contributed by atoms with Gasteiger partial charge in [0.2, 0.25) is 3.79 Å². The van der Waals surface area contributed by atoms with E-state index in [0.717, 1.165) is 6.07 Å². The van der Waals surface area contributed by atoms with Crippen molar-refractivity contribution >= 4 is 48.3 Å². The zero-order valence-electron chi connectivity index (χ0n) is 12.4. The van der Waals surface area contributed by atoms with Crippen molar-refractivity contribution in [3.05, 3.63) is 35.6 Å². The van der Waals surface area contributed by atoms with Gasteiger partial charge >= 0.3 is 7.60 Å². The lowest BCUT2D eigenvalue weighted by atomic mass is 10.2. The fourth-order valence-electron chi connectivity index (χ4n) is 1.73. The van der Waals surface area contributed by atoms with Crippen LogP contribution in [-0.4, -0.2) is 28.7 Å². The van der Waals surface area contributed by atoms with Crippen molar-refractivity contribution in [1.82, 2.24) is 5.32 Å². The first-order chi connectivity index (χ1) is 10.7. The van der Waals surface area contributed by atoms with Crippen LogP contribution in [0.2, 0.25) is 0 Å². The highest BCUT2D eigenvalue weighted by atomic mass is 35.6. The maximum atomic E-state index is 13.7. The highest BCUT2D eigenvalue weighted by molar-refractivity contribution is 7.55. The normalized spacial score (nSPS) is 13.7. The van der Waals surface area contributed by atoms with Gasteiger partial charge in [0.15, 0.2) is 5.78 Å². The molecule has 0 bridgehead atoms. The number of hydrogen-bond donors (Lipinski definition) is 1. The Kier molecular flexibility index (Phi) is 7.78. The number of carbonyl (C=O) groups is 1. The standard InChI is InChI=1S/C13H16Cl3FNO4P/c1-3-21-23(20,22-4-2)12(13(14,15)16)18-11(19)9-7-5-6-8-10(9)17/h5-8,12H,3-4H2,1-2H3,(H,18,19). The summed E-state index contributed by atoms with van der Waals surface area (Å²) in [7, 11) is -3.99. The first-order valence-corrected chi connectivity index (χ1v) is 9.41. The van der Waals surface area contributed by atoms with Crippen LogP contribution in [0.15, 0.2) is 24.3 Å². The van der Waals surface area contributed by atoms with E-state index < -0.39 is 28.9 Å². The molecular formula is C13H16Cl3FNO4P. The van der Waals surface area contributed by atoms with Crippen molar-refractivity contribution in [2.24, 2.45) is 0 Å². The molecule has 23 heavy (non-hydrogen) atoms. The molecule has 1 rings (SSSR count). The Morgan fingerprint density at radius 1 is 1.26 bits per heavy atom. The van der Waals surface area contributed by atoms with Crippen molar-refractivity contribution in [2.75, 3.05) is 13.2 Å². The summed E-state index contributed by atoms with van der Waals surface area (Å²) in [5.74, 6) is -3.28. The molecule has 1 N–H and O–H groups in total. The summed E-state index contributed by atoms with van der Waals surface area (Å²) in [5, 5.41) is 2.24. The fourth-order valence-corrected chi connectivity index (χ4v) is 4.70. The van der Waals surface area contributed by atoms with Gasteiger partial charge in [-0.25, -0.2) is 4.39 Å². The van der Waals surface area contributed by atoms with Gasteiger partial charge in [-0.3, -0.25) is 9.36 Å². The second-order valence-electron chi connectivity index (χ2n) is 4.27. The minimum Gasteiger partial charge on any atom is -0.334 e. The van der Waals surface area contributed by atoms with Crippen LogP contribution >= 0.6 is 42.4 Å². The zero-order chi connectivity index (χ0) is 17.7. The van der Waals surface area contributed by atoms with Gasteiger partial charge < -0.3 is 14.4 Å². The highest BCUT2D eigenvalue weighted by Gasteiger charge is 2.49. The fraction of sp³-hybridized carbons (Fsp3) is 0.462. The molecule has 0 aliphatic rings. The van der Waals surface area contributed by atoms with Crippen LogP contribution in [0.1, 0.15) is 24.2 Å². The summed E-state index contributed by atoms with van der Waals surface area (Å²) in [4.78, 5) is 12.2. The van der Waals surface area contributed by atoms with Crippen molar-refractivity contribution in [3.8, 4) is 0 Å². The lowest BCUT2D eigenvalue weighted by molar-refractivity contribution is 0.0934. The van der Waals surface area contributed by atoms with Gasteiger partial charge in [-0.2, -0.15) is 0 Å². The molecule has 1 atom stereocenters. The van der Waals surface area contributed by atoms with Crippen LogP contribution in [0, 0.1) is 5.82 Å². The van der Waals surface area contributed by atoms with Crippen molar-refractivity contribution < 1.29 is 22.8 Å². The molecule has 0 spiro atoms. The number of amides is 1. The number of halogens is 4. The molecule has 1 unspecified atom stereocenters. The Labute approximate surface area is 148 Å². The monoisotopic (exact) mass is 405 g/mol. The molecule has 0 aliphatic carbocycles. The largest absolute Gasteiger partial charge is 0.357 e.